The predicted octanol–water partition coefficient (Wildman–Crippen LogP) is 3.70. The molecule has 2 aromatic rings. The fraction of sp³-hybridized carbons (Fsp3) is 0.286. The summed E-state index contributed by atoms with van der Waals surface area (Å²) in [7, 11) is 2.00. The lowest BCUT2D eigenvalue weighted by Gasteiger charge is -2.18. The summed E-state index contributed by atoms with van der Waals surface area (Å²) in [5.74, 6) is 0. The number of likely N-dealkylation sites (N-methyl/N-ethyl adjacent to an activating group) is 1. The Balaban J connectivity index is 2.26. The molecule has 1 aromatic heterocycles. The maximum atomic E-state index is 5.12. The molecule has 1 atom stereocenters. The second-order valence-corrected chi connectivity index (χ2v) is 5.23. The van der Waals surface area contributed by atoms with Crippen molar-refractivity contribution < 1.29 is 4.42 Å². The summed E-state index contributed by atoms with van der Waals surface area (Å²) in [5.41, 5.74) is 3.91. The molecule has 0 aliphatic rings. The Morgan fingerprint density at radius 2 is 2.18 bits per heavy atom. The molecule has 0 fully saturated rings. The van der Waals surface area contributed by atoms with Crippen molar-refractivity contribution >= 4 is 22.6 Å². The number of rotatable bonds is 4. The minimum atomic E-state index is 0.333. The number of benzene rings is 1. The third kappa shape index (κ3) is 2.90. The average molecular weight is 341 g/mol. The molecule has 2 rings (SSSR count). The van der Waals surface area contributed by atoms with Crippen molar-refractivity contribution in [3.63, 3.8) is 0 Å². The van der Waals surface area contributed by atoms with Crippen LogP contribution in [0.3, 0.4) is 0 Å². The van der Waals surface area contributed by atoms with Gasteiger partial charge in [-0.25, -0.2) is 0 Å². The first kappa shape index (κ1) is 12.6. The molecule has 3 heteroatoms. The van der Waals surface area contributed by atoms with E-state index in [0.29, 0.717) is 6.04 Å². The molecule has 0 amide bonds. The molecule has 0 saturated carbocycles. The summed E-state index contributed by atoms with van der Waals surface area (Å²) in [5, 5.41) is 3.38. The van der Waals surface area contributed by atoms with E-state index in [1.807, 2.05) is 19.4 Å². The van der Waals surface area contributed by atoms with E-state index in [1.54, 1.807) is 6.26 Å². The van der Waals surface area contributed by atoms with Crippen molar-refractivity contribution in [2.75, 3.05) is 7.05 Å². The second kappa shape index (κ2) is 5.69. The number of hydrogen-bond donors (Lipinski definition) is 1. The Hall–Kier alpha value is -0.810. The fourth-order valence-corrected chi connectivity index (χ4v) is 2.69. The van der Waals surface area contributed by atoms with E-state index in [9.17, 15) is 0 Å². The van der Waals surface area contributed by atoms with Gasteiger partial charge in [0, 0.05) is 9.61 Å². The minimum Gasteiger partial charge on any atom is -0.472 e. The van der Waals surface area contributed by atoms with Gasteiger partial charge in [-0.05, 0) is 65.7 Å². The van der Waals surface area contributed by atoms with Crippen LogP contribution in [0.4, 0.5) is 0 Å². The molecular formula is C14H16INO. The van der Waals surface area contributed by atoms with Gasteiger partial charge in [0.25, 0.3) is 0 Å². The maximum Gasteiger partial charge on any atom is 0.0935 e. The van der Waals surface area contributed by atoms with Crippen LogP contribution >= 0.6 is 22.6 Å². The highest BCUT2D eigenvalue weighted by atomic mass is 127. The standard InChI is InChI=1S/C14H16INO/c1-10-4-3-5-12(14(10)15)13(16-2)8-11-6-7-17-9-11/h3-7,9,13,16H,8H2,1-2H3. The van der Waals surface area contributed by atoms with Crippen LogP contribution in [0.25, 0.3) is 0 Å². The fourth-order valence-electron chi connectivity index (χ4n) is 1.95. The zero-order chi connectivity index (χ0) is 12.3. The van der Waals surface area contributed by atoms with Crippen LogP contribution in [-0.4, -0.2) is 7.05 Å². The topological polar surface area (TPSA) is 25.2 Å². The first-order valence-corrected chi connectivity index (χ1v) is 6.73. The second-order valence-electron chi connectivity index (χ2n) is 4.16. The van der Waals surface area contributed by atoms with Gasteiger partial charge >= 0.3 is 0 Å². The lowest BCUT2D eigenvalue weighted by atomic mass is 9.99. The Morgan fingerprint density at radius 3 is 2.82 bits per heavy atom. The summed E-state index contributed by atoms with van der Waals surface area (Å²) in [6.07, 6.45) is 4.49. The Bertz CT molecular complexity index is 479. The molecule has 0 aliphatic heterocycles. The van der Waals surface area contributed by atoms with Gasteiger partial charge in [0.05, 0.1) is 12.5 Å². The van der Waals surface area contributed by atoms with E-state index in [2.05, 4.69) is 53.0 Å². The molecule has 90 valence electrons. The zero-order valence-electron chi connectivity index (χ0n) is 10.0. The van der Waals surface area contributed by atoms with E-state index in [4.69, 9.17) is 4.42 Å². The molecule has 0 aliphatic carbocycles. The first-order chi connectivity index (χ1) is 8.22. The van der Waals surface area contributed by atoms with Crippen molar-refractivity contribution in [1.29, 1.82) is 0 Å². The highest BCUT2D eigenvalue weighted by molar-refractivity contribution is 14.1. The van der Waals surface area contributed by atoms with Gasteiger partial charge in [0.2, 0.25) is 0 Å². The van der Waals surface area contributed by atoms with Crippen LogP contribution in [0.15, 0.2) is 41.2 Å². The van der Waals surface area contributed by atoms with E-state index >= 15 is 0 Å². The largest absolute Gasteiger partial charge is 0.472 e. The molecule has 2 nitrogen and oxygen atoms in total. The van der Waals surface area contributed by atoms with Crippen molar-refractivity contribution in [2.45, 2.75) is 19.4 Å². The summed E-state index contributed by atoms with van der Waals surface area (Å²) >= 11 is 2.42. The number of furan rings is 1. The van der Waals surface area contributed by atoms with Gasteiger partial charge in [0.1, 0.15) is 0 Å². The smallest absolute Gasteiger partial charge is 0.0935 e. The zero-order valence-corrected chi connectivity index (χ0v) is 12.2. The minimum absolute atomic E-state index is 0.333. The monoisotopic (exact) mass is 341 g/mol. The molecule has 0 spiro atoms. The van der Waals surface area contributed by atoms with Gasteiger partial charge < -0.3 is 9.73 Å². The third-order valence-corrected chi connectivity index (χ3v) is 4.44. The van der Waals surface area contributed by atoms with Crippen LogP contribution < -0.4 is 5.32 Å². The highest BCUT2D eigenvalue weighted by Crippen LogP contribution is 2.25. The molecule has 17 heavy (non-hydrogen) atoms. The molecule has 0 radical (unpaired) electrons. The van der Waals surface area contributed by atoms with Crippen LogP contribution in [0.5, 0.6) is 0 Å². The van der Waals surface area contributed by atoms with Gasteiger partial charge in [-0.15, -0.1) is 0 Å². The van der Waals surface area contributed by atoms with E-state index in [1.165, 1.54) is 20.3 Å². The van der Waals surface area contributed by atoms with Gasteiger partial charge in [-0.1, -0.05) is 18.2 Å². The van der Waals surface area contributed by atoms with E-state index < -0.39 is 0 Å². The molecule has 1 heterocycles. The van der Waals surface area contributed by atoms with Crippen molar-refractivity contribution in [1.82, 2.24) is 5.32 Å². The first-order valence-electron chi connectivity index (χ1n) is 5.65. The Morgan fingerprint density at radius 1 is 1.35 bits per heavy atom. The molecule has 0 bridgehead atoms. The van der Waals surface area contributed by atoms with E-state index in [0.717, 1.165) is 6.42 Å². The van der Waals surface area contributed by atoms with Crippen molar-refractivity contribution in [3.8, 4) is 0 Å². The molecule has 1 unspecified atom stereocenters. The lowest BCUT2D eigenvalue weighted by Crippen LogP contribution is -2.20. The SMILES string of the molecule is CNC(Cc1ccoc1)c1cccc(C)c1I. The summed E-state index contributed by atoms with van der Waals surface area (Å²) < 4.78 is 6.46. The quantitative estimate of drug-likeness (QED) is 0.858. The van der Waals surface area contributed by atoms with Crippen molar-refractivity contribution in [2.24, 2.45) is 0 Å². The number of nitrogens with one attached hydrogen (secondary N) is 1. The van der Waals surface area contributed by atoms with Crippen LogP contribution in [0.1, 0.15) is 22.7 Å². The molecular weight excluding hydrogens is 325 g/mol. The Kier molecular flexibility index (Phi) is 4.23. The van der Waals surface area contributed by atoms with Crippen molar-refractivity contribution in [3.05, 3.63) is 57.1 Å². The summed E-state index contributed by atoms with van der Waals surface area (Å²) in [6.45, 7) is 2.15. The Labute approximate surface area is 116 Å². The summed E-state index contributed by atoms with van der Waals surface area (Å²) in [4.78, 5) is 0. The average Bonchev–Trinajstić information content (AvgIpc) is 2.83. The lowest BCUT2D eigenvalue weighted by molar-refractivity contribution is 0.551. The highest BCUT2D eigenvalue weighted by Gasteiger charge is 2.14. The number of aryl methyl sites for hydroxylation is 1. The van der Waals surface area contributed by atoms with Crippen LogP contribution in [0, 0.1) is 10.5 Å². The van der Waals surface area contributed by atoms with Crippen LogP contribution in [-0.2, 0) is 6.42 Å². The van der Waals surface area contributed by atoms with Gasteiger partial charge in [-0.2, -0.15) is 0 Å². The van der Waals surface area contributed by atoms with Crippen LogP contribution in [0.2, 0.25) is 0 Å². The molecule has 0 saturated heterocycles. The predicted molar refractivity (Wildman–Crippen MR) is 78.1 cm³/mol. The maximum absolute atomic E-state index is 5.12. The van der Waals surface area contributed by atoms with Gasteiger partial charge in [-0.3, -0.25) is 0 Å². The number of halogens is 1. The van der Waals surface area contributed by atoms with E-state index in [-0.39, 0.29) is 0 Å². The van der Waals surface area contributed by atoms with Gasteiger partial charge in [0.15, 0.2) is 0 Å². The summed E-state index contributed by atoms with van der Waals surface area (Å²) in [6, 6.07) is 8.81. The number of hydrogen-bond acceptors (Lipinski definition) is 2. The third-order valence-electron chi connectivity index (χ3n) is 2.97. The molecule has 1 N–H and O–H groups in total. The normalized spacial score (nSPS) is 12.6. The molecule has 1 aromatic carbocycles.